The van der Waals surface area contributed by atoms with Crippen molar-refractivity contribution in [1.82, 2.24) is 4.90 Å². The molecule has 3 rings (SSSR count). The number of non-ortho nitro benzene ring substituents is 1. The van der Waals surface area contributed by atoms with E-state index in [1.54, 1.807) is 0 Å². The van der Waals surface area contributed by atoms with Crippen LogP contribution in [0.4, 0.5) is 5.69 Å². The molecule has 1 aromatic carbocycles. The zero-order valence-electron chi connectivity index (χ0n) is 15.2. The first-order valence-electron chi connectivity index (χ1n) is 8.71. The molecule has 1 unspecified atom stereocenters. The van der Waals surface area contributed by atoms with Gasteiger partial charge in [0.05, 0.1) is 42.6 Å². The topological polar surface area (TPSA) is 143 Å². The number of nitro groups is 1. The number of Topliss-reactive ketones (excluding diaryl/α,β-unsaturated/α-hetero) is 1. The number of nitro benzene ring substituents is 1. The summed E-state index contributed by atoms with van der Waals surface area (Å²) in [4.78, 5) is 37.1. The lowest BCUT2D eigenvalue weighted by molar-refractivity contribution is -0.384. The van der Waals surface area contributed by atoms with Crippen molar-refractivity contribution in [3.63, 3.8) is 0 Å². The van der Waals surface area contributed by atoms with Crippen molar-refractivity contribution >= 4 is 17.4 Å². The fourth-order valence-electron chi connectivity index (χ4n) is 3.11. The Labute approximate surface area is 164 Å². The standard InChI is InChI=1S/C19H18N2O8/c22-8-11-28-10-7-20-16(12-3-5-13(6-4-12)21(26)27)15(18(24)19(20)25)17(23)14-2-1-9-29-14/h1-6,9,16,22,24H,7-8,10-11H2. The first-order chi connectivity index (χ1) is 14.0. The van der Waals surface area contributed by atoms with Gasteiger partial charge < -0.3 is 24.3 Å². The average molecular weight is 402 g/mol. The van der Waals surface area contributed by atoms with E-state index in [1.807, 2.05) is 0 Å². The molecule has 0 saturated heterocycles. The first kappa shape index (κ1) is 20.2. The number of aliphatic hydroxyl groups is 2. The number of carbonyl (C=O) groups is 2. The Hall–Kier alpha value is -3.50. The summed E-state index contributed by atoms with van der Waals surface area (Å²) in [6, 6.07) is 7.29. The third kappa shape index (κ3) is 4.03. The molecule has 1 aliphatic rings. The van der Waals surface area contributed by atoms with E-state index >= 15 is 0 Å². The Morgan fingerprint density at radius 2 is 1.97 bits per heavy atom. The number of ether oxygens (including phenoxy) is 1. The number of furan rings is 1. The monoisotopic (exact) mass is 402 g/mol. The third-order valence-corrected chi connectivity index (χ3v) is 4.43. The SMILES string of the molecule is O=C(C1=C(O)C(=O)N(CCOCCO)C1c1ccc([N+](=O)[O-])cc1)c1ccco1. The van der Waals surface area contributed by atoms with E-state index in [-0.39, 0.29) is 43.4 Å². The van der Waals surface area contributed by atoms with E-state index in [0.717, 1.165) is 0 Å². The summed E-state index contributed by atoms with van der Waals surface area (Å²) in [5.74, 6) is -2.19. The van der Waals surface area contributed by atoms with Crippen molar-refractivity contribution in [2.24, 2.45) is 0 Å². The van der Waals surface area contributed by atoms with Crippen LogP contribution >= 0.6 is 0 Å². The van der Waals surface area contributed by atoms with Crippen LogP contribution in [0.5, 0.6) is 0 Å². The summed E-state index contributed by atoms with van der Waals surface area (Å²) in [7, 11) is 0. The molecule has 0 saturated carbocycles. The van der Waals surface area contributed by atoms with Crippen LogP contribution in [0.25, 0.3) is 0 Å². The number of benzene rings is 1. The van der Waals surface area contributed by atoms with Gasteiger partial charge in [0.1, 0.15) is 0 Å². The Bertz CT molecular complexity index is 934. The van der Waals surface area contributed by atoms with Gasteiger partial charge in [-0.2, -0.15) is 0 Å². The second-order valence-electron chi connectivity index (χ2n) is 6.15. The molecule has 10 nitrogen and oxygen atoms in total. The van der Waals surface area contributed by atoms with E-state index in [9.17, 15) is 24.8 Å². The first-order valence-corrected chi connectivity index (χ1v) is 8.71. The maximum absolute atomic E-state index is 12.9. The minimum absolute atomic E-state index is 0.0273. The lowest BCUT2D eigenvalue weighted by atomic mass is 9.95. The number of carbonyl (C=O) groups excluding carboxylic acids is 2. The highest BCUT2D eigenvalue weighted by Crippen LogP contribution is 2.39. The smallest absolute Gasteiger partial charge is 0.290 e. The molecule has 0 spiro atoms. The summed E-state index contributed by atoms with van der Waals surface area (Å²) in [6.07, 6.45) is 1.29. The fourth-order valence-corrected chi connectivity index (χ4v) is 3.11. The second kappa shape index (κ2) is 8.67. The molecular formula is C19H18N2O8. The molecule has 152 valence electrons. The zero-order valence-corrected chi connectivity index (χ0v) is 15.2. The van der Waals surface area contributed by atoms with Crippen molar-refractivity contribution in [3.05, 3.63) is 75.4 Å². The molecule has 29 heavy (non-hydrogen) atoms. The molecule has 0 bridgehead atoms. The van der Waals surface area contributed by atoms with Crippen molar-refractivity contribution in [2.75, 3.05) is 26.4 Å². The second-order valence-corrected chi connectivity index (χ2v) is 6.15. The molecule has 0 fully saturated rings. The van der Waals surface area contributed by atoms with Crippen LogP contribution < -0.4 is 0 Å². The Morgan fingerprint density at radius 3 is 2.55 bits per heavy atom. The van der Waals surface area contributed by atoms with E-state index in [4.69, 9.17) is 14.3 Å². The zero-order chi connectivity index (χ0) is 21.0. The molecule has 2 heterocycles. The van der Waals surface area contributed by atoms with Crippen molar-refractivity contribution in [2.45, 2.75) is 6.04 Å². The van der Waals surface area contributed by atoms with Gasteiger partial charge in [-0.15, -0.1) is 0 Å². The van der Waals surface area contributed by atoms with Crippen LogP contribution in [0.1, 0.15) is 22.2 Å². The lowest BCUT2D eigenvalue weighted by Crippen LogP contribution is -2.34. The van der Waals surface area contributed by atoms with E-state index < -0.39 is 28.4 Å². The number of hydrogen-bond donors (Lipinski definition) is 2. The fraction of sp³-hybridized carbons (Fsp3) is 0.263. The predicted molar refractivity (Wildman–Crippen MR) is 98.1 cm³/mol. The molecule has 0 aliphatic carbocycles. The highest BCUT2D eigenvalue weighted by atomic mass is 16.6. The maximum Gasteiger partial charge on any atom is 0.290 e. The van der Waals surface area contributed by atoms with Gasteiger partial charge in [-0.1, -0.05) is 0 Å². The summed E-state index contributed by atoms with van der Waals surface area (Å²) in [6.45, 7) is -0.0297. The number of nitrogens with zero attached hydrogens (tertiary/aromatic N) is 2. The number of ketones is 1. The van der Waals surface area contributed by atoms with E-state index in [2.05, 4.69) is 0 Å². The van der Waals surface area contributed by atoms with Crippen LogP contribution in [-0.2, 0) is 9.53 Å². The minimum atomic E-state index is -0.973. The van der Waals surface area contributed by atoms with E-state index in [0.29, 0.717) is 5.56 Å². The summed E-state index contributed by atoms with van der Waals surface area (Å²) in [5, 5.41) is 30.1. The molecule has 0 radical (unpaired) electrons. The quantitative estimate of drug-likeness (QED) is 0.280. The van der Waals surface area contributed by atoms with Crippen LogP contribution in [0.15, 0.2) is 58.4 Å². The van der Waals surface area contributed by atoms with Gasteiger partial charge in [0, 0.05) is 18.7 Å². The molecule has 10 heteroatoms. The average Bonchev–Trinajstić information content (AvgIpc) is 3.33. The number of aliphatic hydroxyl groups excluding tert-OH is 2. The van der Waals surface area contributed by atoms with Gasteiger partial charge in [-0.3, -0.25) is 19.7 Å². The number of amides is 1. The maximum atomic E-state index is 12.9. The highest BCUT2D eigenvalue weighted by Gasteiger charge is 2.44. The number of hydrogen-bond acceptors (Lipinski definition) is 8. The van der Waals surface area contributed by atoms with Gasteiger partial charge in [-0.05, 0) is 29.8 Å². The number of rotatable bonds is 9. The summed E-state index contributed by atoms with van der Waals surface area (Å²) >= 11 is 0. The van der Waals surface area contributed by atoms with Gasteiger partial charge >= 0.3 is 0 Å². The van der Waals surface area contributed by atoms with Crippen molar-refractivity contribution in [3.8, 4) is 0 Å². The van der Waals surface area contributed by atoms with Gasteiger partial charge in [0.2, 0.25) is 5.78 Å². The third-order valence-electron chi connectivity index (χ3n) is 4.43. The largest absolute Gasteiger partial charge is 0.503 e. The van der Waals surface area contributed by atoms with Crippen molar-refractivity contribution < 1.29 is 33.9 Å². The molecule has 2 aromatic rings. The normalized spacial score (nSPS) is 16.5. The van der Waals surface area contributed by atoms with Crippen LogP contribution in [0, 0.1) is 10.1 Å². The van der Waals surface area contributed by atoms with Crippen molar-refractivity contribution in [1.29, 1.82) is 0 Å². The molecule has 2 N–H and O–H groups in total. The molecule has 1 atom stereocenters. The Balaban J connectivity index is 1.98. The Morgan fingerprint density at radius 1 is 1.24 bits per heavy atom. The summed E-state index contributed by atoms with van der Waals surface area (Å²) in [5.41, 5.74) is 0.0778. The minimum Gasteiger partial charge on any atom is -0.503 e. The van der Waals surface area contributed by atoms with Gasteiger partial charge in [-0.25, -0.2) is 0 Å². The predicted octanol–water partition coefficient (Wildman–Crippen LogP) is 1.78. The summed E-state index contributed by atoms with van der Waals surface area (Å²) < 4.78 is 10.3. The van der Waals surface area contributed by atoms with Crippen LogP contribution in [0.3, 0.4) is 0 Å². The molecule has 1 aromatic heterocycles. The van der Waals surface area contributed by atoms with Crippen LogP contribution in [0.2, 0.25) is 0 Å². The van der Waals surface area contributed by atoms with Gasteiger partial charge in [0.15, 0.2) is 11.5 Å². The molecule has 1 aliphatic heterocycles. The molecule has 1 amide bonds. The van der Waals surface area contributed by atoms with E-state index in [1.165, 1.54) is 47.6 Å². The highest BCUT2D eigenvalue weighted by molar-refractivity contribution is 6.15. The van der Waals surface area contributed by atoms with Crippen LogP contribution in [-0.4, -0.2) is 58.1 Å². The molecular weight excluding hydrogens is 384 g/mol. The Kier molecular flexibility index (Phi) is 6.05. The lowest BCUT2D eigenvalue weighted by Gasteiger charge is -2.26. The van der Waals surface area contributed by atoms with Gasteiger partial charge in [0.25, 0.3) is 11.6 Å².